The molecule has 0 spiro atoms. The number of fused-ring (bicyclic) bond motifs is 1. The minimum Gasteiger partial charge on any atom is -0.484 e. The van der Waals surface area contributed by atoms with Gasteiger partial charge in [-0.3, -0.25) is 4.79 Å². The van der Waals surface area contributed by atoms with Crippen LogP contribution in [0, 0.1) is 0 Å². The number of aromatic nitrogens is 4. The maximum atomic E-state index is 12.9. The van der Waals surface area contributed by atoms with E-state index in [0.717, 1.165) is 35.9 Å². The number of imidazole rings is 1. The van der Waals surface area contributed by atoms with Crippen LogP contribution in [-0.2, 0) is 4.79 Å². The molecule has 1 aliphatic heterocycles. The first kappa shape index (κ1) is 18.4. The molecule has 8 heteroatoms. The van der Waals surface area contributed by atoms with Crippen molar-refractivity contribution in [2.24, 2.45) is 0 Å². The molecule has 0 bridgehead atoms. The van der Waals surface area contributed by atoms with E-state index in [9.17, 15) is 4.79 Å². The number of hydrogen-bond acceptors (Lipinski definition) is 6. The Morgan fingerprint density at radius 3 is 3.00 bits per heavy atom. The number of amides is 1. The van der Waals surface area contributed by atoms with E-state index in [2.05, 4.69) is 20.1 Å². The molecule has 3 heterocycles. The number of likely N-dealkylation sites (tertiary alicyclic amines) is 1. The predicted molar refractivity (Wildman–Crippen MR) is 110 cm³/mol. The van der Waals surface area contributed by atoms with Crippen molar-refractivity contribution in [3.05, 3.63) is 60.7 Å². The highest BCUT2D eigenvalue weighted by Crippen LogP contribution is 2.31. The minimum absolute atomic E-state index is 0.0128. The second kappa shape index (κ2) is 7.98. The Balaban J connectivity index is 1.33. The molecule has 1 amide bonds. The average molecular weight is 403 g/mol. The largest absolute Gasteiger partial charge is 0.484 e. The molecule has 0 saturated carbocycles. The third-order valence-electron chi connectivity index (χ3n) is 5.34. The van der Waals surface area contributed by atoms with Gasteiger partial charge in [-0.1, -0.05) is 23.4 Å². The zero-order valence-corrected chi connectivity index (χ0v) is 16.3. The van der Waals surface area contributed by atoms with Crippen LogP contribution in [0.2, 0.25) is 0 Å². The molecule has 2 aromatic heterocycles. The number of nitrogens with one attached hydrogen (secondary N) is 1. The number of hydrogen-bond donors (Lipinski definition) is 1. The summed E-state index contributed by atoms with van der Waals surface area (Å²) in [5.74, 6) is 1.55. The number of aromatic amines is 1. The van der Waals surface area contributed by atoms with Crippen LogP contribution in [0.15, 0.2) is 59.4 Å². The number of carbonyl (C=O) groups is 1. The summed E-state index contributed by atoms with van der Waals surface area (Å²) in [7, 11) is 0. The predicted octanol–water partition coefficient (Wildman–Crippen LogP) is 3.75. The van der Waals surface area contributed by atoms with Gasteiger partial charge in [0.2, 0.25) is 0 Å². The number of H-pyrrole nitrogens is 1. The monoisotopic (exact) mass is 403 g/mol. The van der Waals surface area contributed by atoms with Gasteiger partial charge in [0.15, 0.2) is 12.4 Å². The third-order valence-corrected chi connectivity index (χ3v) is 5.34. The maximum Gasteiger partial charge on any atom is 0.261 e. The lowest BCUT2D eigenvalue weighted by Gasteiger charge is -2.33. The standard InChI is InChI=1S/C22H21N5O3/c28-20(13-29-16-6-2-1-3-7-16)27-11-5-4-8-19(27)21-25-22(30-26-21)15-9-10-17-18(12-15)24-14-23-17/h1-3,6-7,9-10,12,14,19H,4-5,8,11,13H2,(H,23,24)/t19-/m1/s1. The first-order valence-electron chi connectivity index (χ1n) is 10.0. The number of nitrogens with zero attached hydrogens (tertiary/aromatic N) is 4. The molecule has 1 atom stereocenters. The summed E-state index contributed by atoms with van der Waals surface area (Å²) in [6, 6.07) is 14.9. The summed E-state index contributed by atoms with van der Waals surface area (Å²) in [4.78, 5) is 26.6. The van der Waals surface area contributed by atoms with Crippen molar-refractivity contribution < 1.29 is 14.1 Å². The summed E-state index contributed by atoms with van der Waals surface area (Å²) in [5, 5.41) is 4.19. The van der Waals surface area contributed by atoms with Crippen LogP contribution < -0.4 is 4.74 Å². The summed E-state index contributed by atoms with van der Waals surface area (Å²) < 4.78 is 11.2. The van der Waals surface area contributed by atoms with Gasteiger partial charge in [-0.25, -0.2) is 4.98 Å². The molecule has 2 aromatic carbocycles. The fraction of sp³-hybridized carbons (Fsp3) is 0.273. The van der Waals surface area contributed by atoms with Crippen LogP contribution in [0.5, 0.6) is 5.75 Å². The van der Waals surface area contributed by atoms with E-state index in [4.69, 9.17) is 9.26 Å². The van der Waals surface area contributed by atoms with E-state index in [1.54, 1.807) is 11.2 Å². The molecule has 0 aliphatic carbocycles. The molecule has 8 nitrogen and oxygen atoms in total. The normalized spacial score (nSPS) is 16.7. The van der Waals surface area contributed by atoms with Crippen LogP contribution in [0.4, 0.5) is 0 Å². The van der Waals surface area contributed by atoms with Crippen molar-refractivity contribution in [2.75, 3.05) is 13.2 Å². The lowest BCUT2D eigenvalue weighted by atomic mass is 10.0. The molecule has 1 N–H and O–H groups in total. The molecule has 30 heavy (non-hydrogen) atoms. The van der Waals surface area contributed by atoms with Crippen molar-refractivity contribution in [2.45, 2.75) is 25.3 Å². The van der Waals surface area contributed by atoms with Crippen molar-refractivity contribution in [1.82, 2.24) is 25.0 Å². The first-order valence-corrected chi connectivity index (χ1v) is 10.0. The van der Waals surface area contributed by atoms with Crippen molar-refractivity contribution in [1.29, 1.82) is 0 Å². The highest BCUT2D eigenvalue weighted by atomic mass is 16.5. The molecule has 1 fully saturated rings. The summed E-state index contributed by atoms with van der Waals surface area (Å²) in [6.07, 6.45) is 4.41. The van der Waals surface area contributed by atoms with Gasteiger partial charge in [-0.2, -0.15) is 4.98 Å². The van der Waals surface area contributed by atoms with E-state index in [1.807, 2.05) is 48.5 Å². The van der Waals surface area contributed by atoms with Crippen LogP contribution in [0.1, 0.15) is 31.1 Å². The van der Waals surface area contributed by atoms with Crippen molar-refractivity contribution in [3.63, 3.8) is 0 Å². The fourth-order valence-electron chi connectivity index (χ4n) is 3.80. The van der Waals surface area contributed by atoms with Crippen LogP contribution in [0.25, 0.3) is 22.5 Å². The third kappa shape index (κ3) is 3.63. The molecule has 1 aliphatic rings. The molecular formula is C22H21N5O3. The van der Waals surface area contributed by atoms with Crippen molar-refractivity contribution in [3.8, 4) is 17.2 Å². The number of para-hydroxylation sites is 1. The SMILES string of the molecule is O=C(COc1ccccc1)N1CCCC[C@@H]1c1noc(-c2ccc3[nH]cnc3c2)n1. The molecule has 1 saturated heterocycles. The van der Waals surface area contributed by atoms with Gasteiger partial charge < -0.3 is 19.1 Å². The smallest absolute Gasteiger partial charge is 0.261 e. The molecule has 0 radical (unpaired) electrons. The van der Waals surface area contributed by atoms with Gasteiger partial charge in [0.1, 0.15) is 5.75 Å². The van der Waals surface area contributed by atoms with Gasteiger partial charge in [0.25, 0.3) is 11.8 Å². The second-order valence-electron chi connectivity index (χ2n) is 7.29. The highest BCUT2D eigenvalue weighted by Gasteiger charge is 2.32. The summed E-state index contributed by atoms with van der Waals surface area (Å²) in [5.41, 5.74) is 2.58. The number of carbonyl (C=O) groups excluding carboxylic acids is 1. The number of benzene rings is 2. The number of piperidine rings is 1. The summed E-state index contributed by atoms with van der Waals surface area (Å²) in [6.45, 7) is 0.645. The van der Waals surface area contributed by atoms with E-state index < -0.39 is 0 Å². The topological polar surface area (TPSA) is 97.1 Å². The van der Waals surface area contributed by atoms with E-state index in [-0.39, 0.29) is 18.6 Å². The van der Waals surface area contributed by atoms with Gasteiger partial charge >= 0.3 is 0 Å². The fourth-order valence-corrected chi connectivity index (χ4v) is 3.80. The Morgan fingerprint density at radius 1 is 1.20 bits per heavy atom. The van der Waals surface area contributed by atoms with Gasteiger partial charge in [0.05, 0.1) is 23.4 Å². The molecule has 152 valence electrons. The van der Waals surface area contributed by atoms with Crippen LogP contribution >= 0.6 is 0 Å². The lowest BCUT2D eigenvalue weighted by Crippen LogP contribution is -2.41. The number of ether oxygens (including phenoxy) is 1. The van der Waals surface area contributed by atoms with Gasteiger partial charge in [0, 0.05) is 12.1 Å². The zero-order chi connectivity index (χ0) is 20.3. The highest BCUT2D eigenvalue weighted by molar-refractivity contribution is 5.80. The first-order chi connectivity index (χ1) is 14.8. The van der Waals surface area contributed by atoms with Gasteiger partial charge in [-0.15, -0.1) is 0 Å². The molecule has 0 unspecified atom stereocenters. The van der Waals surface area contributed by atoms with Crippen molar-refractivity contribution >= 4 is 16.9 Å². The van der Waals surface area contributed by atoms with E-state index >= 15 is 0 Å². The lowest BCUT2D eigenvalue weighted by molar-refractivity contribution is -0.137. The van der Waals surface area contributed by atoms with E-state index in [1.165, 1.54) is 0 Å². The van der Waals surface area contributed by atoms with Gasteiger partial charge in [-0.05, 0) is 49.6 Å². The Hall–Kier alpha value is -3.68. The summed E-state index contributed by atoms with van der Waals surface area (Å²) >= 11 is 0. The Morgan fingerprint density at radius 2 is 2.10 bits per heavy atom. The molecule has 4 aromatic rings. The Labute approximate surface area is 172 Å². The molecular weight excluding hydrogens is 382 g/mol. The Bertz CT molecular complexity index is 1150. The van der Waals surface area contributed by atoms with Crippen LogP contribution in [-0.4, -0.2) is 44.1 Å². The maximum absolute atomic E-state index is 12.9. The molecule has 5 rings (SSSR count). The Kier molecular flexibility index (Phi) is 4.88. The van der Waals surface area contributed by atoms with E-state index in [0.29, 0.717) is 24.0 Å². The second-order valence-corrected chi connectivity index (χ2v) is 7.29. The number of rotatable bonds is 5. The zero-order valence-electron chi connectivity index (χ0n) is 16.3. The minimum atomic E-state index is -0.211. The quantitative estimate of drug-likeness (QED) is 0.545. The van der Waals surface area contributed by atoms with Crippen LogP contribution in [0.3, 0.4) is 0 Å². The average Bonchev–Trinajstić information content (AvgIpc) is 3.47.